The van der Waals surface area contributed by atoms with Crippen molar-refractivity contribution in [2.45, 2.75) is 68.7 Å². The van der Waals surface area contributed by atoms with Crippen LogP contribution in [0.2, 0.25) is 21.7 Å². The first-order valence-corrected chi connectivity index (χ1v) is 22.7. The molecule has 0 bridgehead atoms. The van der Waals surface area contributed by atoms with Crippen molar-refractivity contribution in [3.63, 3.8) is 0 Å². The normalized spacial score (nSPS) is 14.5. The van der Waals surface area contributed by atoms with Crippen molar-refractivity contribution in [1.29, 1.82) is 5.26 Å². The molecular weight excluding hydrogens is 711 g/mol. The number of nitrogens with zero attached hydrogens (tertiary/aromatic N) is 3. The molecule has 1 aliphatic rings. The monoisotopic (exact) mass is 758 g/mol. The van der Waals surface area contributed by atoms with Crippen LogP contribution in [0.15, 0.2) is 73.1 Å². The molecule has 0 aliphatic carbocycles. The van der Waals surface area contributed by atoms with Crippen LogP contribution in [-0.4, -0.2) is 68.5 Å². The van der Waals surface area contributed by atoms with Crippen LogP contribution in [0.3, 0.4) is 0 Å². The van der Waals surface area contributed by atoms with Crippen LogP contribution in [0.5, 0.6) is 17.2 Å². The Kier molecular flexibility index (Phi) is 14.4. The largest absolute Gasteiger partial charge is 0.494 e. The van der Waals surface area contributed by atoms with Crippen molar-refractivity contribution in [2.24, 2.45) is 0 Å². The topological polar surface area (TPSA) is 99.9 Å². The summed E-state index contributed by atoms with van der Waals surface area (Å²) in [7, 11) is 0. The number of halogens is 1. The predicted octanol–water partition coefficient (Wildman–Crippen LogP) is 7.81. The fourth-order valence-corrected chi connectivity index (χ4v) is 7.95. The fourth-order valence-electron chi connectivity index (χ4n) is 6.05. The van der Waals surface area contributed by atoms with Gasteiger partial charge in [-0.15, -0.1) is 0 Å². The zero-order valence-corrected chi connectivity index (χ0v) is 32.0. The third kappa shape index (κ3) is 11.2. The van der Waals surface area contributed by atoms with Gasteiger partial charge in [0.1, 0.15) is 11.8 Å². The second kappa shape index (κ2) is 19.2. The quantitative estimate of drug-likeness (QED) is 0.0784. The van der Waals surface area contributed by atoms with E-state index in [-0.39, 0.29) is 12.7 Å². The van der Waals surface area contributed by atoms with Crippen LogP contribution in [0, 0.1) is 18.3 Å². The Morgan fingerprint density at radius 2 is 1.84 bits per heavy atom. The number of β-amino-alcohol motifs (C(OH)–C–C–N with tert-alkyl or cyclic N) is 1. The molecule has 0 unspecified atom stereocenters. The first-order chi connectivity index (χ1) is 24.3. The first-order valence-electron chi connectivity index (χ1n) is 17.3. The van der Waals surface area contributed by atoms with Crippen LogP contribution in [-0.2, 0) is 19.8 Å². The number of hydrogen-bond donors (Lipinski definition) is 2. The standard InChI is InChI=1S/C40H48AsClN4O4/c1-29-33(9-5-11-37(29)32-8-4-10-36(19-32)48-17-7-15-46-16-12-35(47)26-46)28-50-40-21-39(49-27-31-18-30(22-43)23-45-24-31)34(20-38(40)42)25-44-14-6-13-41(2)3/h4-5,8-11,18-21,23-24,35,44,47H,6-7,12-17,25-28H2,1-3H3/t35-/m1/s1. The van der Waals surface area contributed by atoms with E-state index in [9.17, 15) is 10.4 Å². The summed E-state index contributed by atoms with van der Waals surface area (Å²) in [5.74, 6) is 2.07. The smallest absolute Gasteiger partial charge is 0.119 e. The predicted molar refractivity (Wildman–Crippen MR) is 201 cm³/mol. The van der Waals surface area contributed by atoms with Crippen molar-refractivity contribution < 1.29 is 19.3 Å². The number of aromatic nitrogens is 1. The summed E-state index contributed by atoms with van der Waals surface area (Å²) in [6.45, 7) is 7.56. The molecule has 3 aromatic carbocycles. The molecule has 0 amide bonds. The second-order valence-electron chi connectivity index (χ2n) is 13.1. The van der Waals surface area contributed by atoms with Crippen molar-refractivity contribution in [2.75, 3.05) is 32.8 Å². The van der Waals surface area contributed by atoms with E-state index in [0.29, 0.717) is 41.8 Å². The molecule has 1 aromatic heterocycles. The Labute approximate surface area is 306 Å². The molecule has 1 fully saturated rings. The Morgan fingerprint density at radius 1 is 1.00 bits per heavy atom. The Morgan fingerprint density at radius 3 is 2.64 bits per heavy atom. The minimum absolute atomic E-state index is 0.193. The Balaban J connectivity index is 1.25. The van der Waals surface area contributed by atoms with Crippen molar-refractivity contribution >= 4 is 26.3 Å². The van der Waals surface area contributed by atoms with Gasteiger partial charge in [0, 0.05) is 25.8 Å². The van der Waals surface area contributed by atoms with Crippen molar-refractivity contribution in [3.8, 4) is 34.4 Å². The van der Waals surface area contributed by atoms with Crippen molar-refractivity contribution in [3.05, 3.63) is 106 Å². The van der Waals surface area contributed by atoms with Gasteiger partial charge >= 0.3 is 159 Å². The summed E-state index contributed by atoms with van der Waals surface area (Å²) < 4.78 is 18.8. The maximum absolute atomic E-state index is 9.76. The average Bonchev–Trinajstić information content (AvgIpc) is 3.54. The summed E-state index contributed by atoms with van der Waals surface area (Å²) >= 11 is 6.17. The SMILES string of the molecule is Cc1c(COc2cc(OCc3cncc(C#N)c3)c(CNCCC[As](C)C)cc2Cl)cccc1-c1cccc(OCCCN2CC[C@@H](O)C2)c1. The van der Waals surface area contributed by atoms with Gasteiger partial charge in [0.2, 0.25) is 0 Å². The van der Waals surface area contributed by atoms with Gasteiger partial charge in [-0.05, 0) is 48.6 Å². The van der Waals surface area contributed by atoms with Gasteiger partial charge in [0.15, 0.2) is 0 Å². The number of likely N-dealkylation sites (tertiary alicyclic amines) is 1. The zero-order valence-electron chi connectivity index (χ0n) is 29.3. The summed E-state index contributed by atoms with van der Waals surface area (Å²) in [5, 5.41) is 24.4. The zero-order chi connectivity index (χ0) is 35.3. The maximum atomic E-state index is 9.76. The minimum atomic E-state index is -0.644. The van der Waals surface area contributed by atoms with Gasteiger partial charge < -0.3 is 14.7 Å². The molecule has 8 nitrogen and oxygen atoms in total. The number of nitriles is 1. The number of benzene rings is 3. The number of nitrogens with one attached hydrogen (secondary N) is 1. The molecule has 264 valence electrons. The van der Waals surface area contributed by atoms with Crippen LogP contribution in [0.4, 0.5) is 0 Å². The molecule has 50 heavy (non-hydrogen) atoms. The van der Waals surface area contributed by atoms with E-state index in [1.54, 1.807) is 18.5 Å². The molecule has 2 heterocycles. The van der Waals surface area contributed by atoms with Gasteiger partial charge in [-0.1, -0.05) is 30.3 Å². The van der Waals surface area contributed by atoms with E-state index in [1.807, 2.05) is 24.3 Å². The maximum Gasteiger partial charge on any atom is 0.119 e. The second-order valence-corrected chi connectivity index (χ2v) is 18.9. The Hall–Kier alpha value is -3.57. The summed E-state index contributed by atoms with van der Waals surface area (Å²) in [6, 6.07) is 22.2. The molecule has 4 aromatic rings. The molecule has 1 aliphatic heterocycles. The van der Waals surface area contributed by atoms with E-state index in [1.165, 1.54) is 5.21 Å². The number of ether oxygens (including phenoxy) is 3. The number of hydrogen-bond acceptors (Lipinski definition) is 8. The van der Waals surface area contributed by atoms with E-state index in [4.69, 9.17) is 25.8 Å². The molecule has 0 saturated carbocycles. The fraction of sp³-hybridized carbons (Fsp3) is 0.400. The summed E-state index contributed by atoms with van der Waals surface area (Å²) in [4.78, 5) is 6.46. The van der Waals surface area contributed by atoms with Crippen molar-refractivity contribution in [1.82, 2.24) is 15.2 Å². The molecule has 5 rings (SSSR count). The van der Waals surface area contributed by atoms with E-state index < -0.39 is 14.7 Å². The van der Waals surface area contributed by atoms with Gasteiger partial charge in [0.05, 0.1) is 12.7 Å². The molecule has 0 spiro atoms. The molecule has 2 N–H and O–H groups in total. The summed E-state index contributed by atoms with van der Waals surface area (Å²) in [5.41, 5.74) is 11.4. The molecule has 10 heteroatoms. The van der Waals surface area contributed by atoms with Gasteiger partial charge in [-0.25, -0.2) is 0 Å². The third-order valence-electron chi connectivity index (χ3n) is 8.82. The minimum Gasteiger partial charge on any atom is -0.494 e. The van der Waals surface area contributed by atoms with Gasteiger partial charge in [-0.2, -0.15) is 5.26 Å². The van der Waals surface area contributed by atoms with Crippen LogP contribution in [0.25, 0.3) is 11.1 Å². The molecule has 1 saturated heterocycles. The van der Waals surface area contributed by atoms with E-state index >= 15 is 0 Å². The van der Waals surface area contributed by atoms with Gasteiger partial charge in [-0.3, -0.25) is 0 Å². The molecule has 0 radical (unpaired) electrons. The van der Waals surface area contributed by atoms with E-state index in [2.05, 4.69) is 69.9 Å². The van der Waals surface area contributed by atoms with Crippen LogP contribution >= 0.6 is 11.6 Å². The third-order valence-corrected chi connectivity index (χ3v) is 11.7. The van der Waals surface area contributed by atoms with Gasteiger partial charge in [0.25, 0.3) is 0 Å². The average molecular weight is 759 g/mol. The Bertz CT molecular complexity index is 1750. The number of rotatable bonds is 18. The molecular formula is C40H48AsClN4O4. The van der Waals surface area contributed by atoms with Crippen LogP contribution < -0.4 is 19.5 Å². The van der Waals surface area contributed by atoms with E-state index in [0.717, 1.165) is 84.6 Å². The number of pyridine rings is 1. The van der Waals surface area contributed by atoms with Crippen LogP contribution in [0.1, 0.15) is 47.1 Å². The number of aliphatic hydroxyl groups excluding tert-OH is 1. The first kappa shape index (κ1) is 37.7. The molecule has 1 atom stereocenters. The number of aliphatic hydroxyl groups is 1. The summed E-state index contributed by atoms with van der Waals surface area (Å²) in [6.07, 6.45) is 5.99.